The molecule has 1 saturated heterocycles. The number of furan rings is 1. The van der Waals surface area contributed by atoms with Crippen LogP contribution in [0.15, 0.2) is 69.0 Å². The van der Waals surface area contributed by atoms with Crippen LogP contribution < -0.4 is 9.64 Å². The van der Waals surface area contributed by atoms with Crippen molar-refractivity contribution in [1.82, 2.24) is 4.90 Å². The molecule has 1 fully saturated rings. The van der Waals surface area contributed by atoms with Gasteiger partial charge in [-0.25, -0.2) is 0 Å². The first kappa shape index (κ1) is 21.4. The number of piperazine rings is 1. The van der Waals surface area contributed by atoms with Gasteiger partial charge in [-0.3, -0.25) is 4.79 Å². The number of ether oxygens (including phenoxy) is 1. The molecule has 4 rings (SSSR count). The van der Waals surface area contributed by atoms with E-state index in [0.29, 0.717) is 18.8 Å². The van der Waals surface area contributed by atoms with Gasteiger partial charge in [0.2, 0.25) is 0 Å². The second-order valence-electron chi connectivity index (χ2n) is 7.93. The first-order valence-electron chi connectivity index (χ1n) is 10.5. The summed E-state index contributed by atoms with van der Waals surface area (Å²) in [6, 6.07) is 18.2. The van der Waals surface area contributed by atoms with Crippen LogP contribution in [-0.2, 0) is 0 Å². The van der Waals surface area contributed by atoms with E-state index in [1.165, 1.54) is 16.0 Å². The number of anilines is 1. The number of methoxy groups -OCH3 is 1. The summed E-state index contributed by atoms with van der Waals surface area (Å²) in [5, 5.41) is 0.741. The maximum absolute atomic E-state index is 13.1. The number of carbonyl (C=O) groups is 1. The van der Waals surface area contributed by atoms with E-state index in [2.05, 4.69) is 56.0 Å². The molecule has 2 heterocycles. The number of nitrogens with zero attached hydrogens (tertiary/aromatic N) is 2. The predicted molar refractivity (Wildman–Crippen MR) is 124 cm³/mol. The number of hydrogen-bond acceptors (Lipinski definition) is 5. The van der Waals surface area contributed by atoms with Gasteiger partial charge in [0, 0.05) is 36.3 Å². The molecular weight excluding hydrogens is 408 g/mol. The normalized spacial score (nSPS) is 16.5. The Hall–Kier alpha value is -2.86. The molecule has 1 aromatic heterocycles. The third-order valence-electron chi connectivity index (χ3n) is 5.72. The monoisotopic (exact) mass is 436 g/mol. The van der Waals surface area contributed by atoms with Crippen LogP contribution in [0, 0.1) is 13.8 Å². The molecule has 2 aromatic carbocycles. The Morgan fingerprint density at radius 1 is 1.03 bits per heavy atom. The summed E-state index contributed by atoms with van der Waals surface area (Å²) in [6.45, 7) is 8.43. The zero-order valence-corrected chi connectivity index (χ0v) is 19.2. The highest BCUT2D eigenvalue weighted by Crippen LogP contribution is 2.34. The Kier molecular flexibility index (Phi) is 6.28. The molecule has 162 valence electrons. The number of hydrogen-bond donors (Lipinski definition) is 0. The van der Waals surface area contributed by atoms with Crippen LogP contribution in [0.25, 0.3) is 0 Å². The van der Waals surface area contributed by atoms with Crippen LogP contribution in [0.5, 0.6) is 5.75 Å². The van der Waals surface area contributed by atoms with Crippen LogP contribution in [0.3, 0.4) is 0 Å². The lowest BCUT2D eigenvalue weighted by molar-refractivity contribution is 0.0689. The Morgan fingerprint density at radius 2 is 1.74 bits per heavy atom. The van der Waals surface area contributed by atoms with Crippen molar-refractivity contribution in [1.29, 1.82) is 0 Å². The molecule has 0 N–H and O–H groups in total. The maximum Gasteiger partial charge on any atom is 0.289 e. The standard InChI is InChI=1S/C25H28N2O3S/c1-17-6-5-7-18(2)24(17)31-23-13-12-22(30-23)25(28)26-14-15-27(19(3)16-26)20-8-10-21(29-4)11-9-20/h5-13,19H,14-16H2,1-4H3. The molecule has 0 bridgehead atoms. The zero-order chi connectivity index (χ0) is 22.0. The van der Waals surface area contributed by atoms with E-state index in [-0.39, 0.29) is 11.9 Å². The number of benzene rings is 2. The van der Waals surface area contributed by atoms with Crippen molar-refractivity contribution in [2.24, 2.45) is 0 Å². The van der Waals surface area contributed by atoms with Gasteiger partial charge in [0.15, 0.2) is 10.9 Å². The largest absolute Gasteiger partial charge is 0.497 e. The quantitative estimate of drug-likeness (QED) is 0.535. The summed E-state index contributed by atoms with van der Waals surface area (Å²) >= 11 is 1.57. The van der Waals surface area contributed by atoms with E-state index >= 15 is 0 Å². The highest BCUT2D eigenvalue weighted by molar-refractivity contribution is 7.99. The van der Waals surface area contributed by atoms with E-state index in [9.17, 15) is 4.79 Å². The molecule has 0 radical (unpaired) electrons. The third kappa shape index (κ3) is 4.59. The summed E-state index contributed by atoms with van der Waals surface area (Å²) < 4.78 is 11.2. The summed E-state index contributed by atoms with van der Waals surface area (Å²) in [7, 11) is 1.67. The Morgan fingerprint density at radius 3 is 2.39 bits per heavy atom. The van der Waals surface area contributed by atoms with E-state index in [1.807, 2.05) is 23.1 Å². The first-order valence-corrected chi connectivity index (χ1v) is 11.3. The maximum atomic E-state index is 13.1. The lowest BCUT2D eigenvalue weighted by Crippen LogP contribution is -2.53. The van der Waals surface area contributed by atoms with Gasteiger partial charge in [-0.15, -0.1) is 0 Å². The van der Waals surface area contributed by atoms with Crippen molar-refractivity contribution in [2.45, 2.75) is 36.8 Å². The van der Waals surface area contributed by atoms with Crippen molar-refractivity contribution in [3.05, 3.63) is 71.5 Å². The Balaban J connectivity index is 1.41. The fourth-order valence-electron chi connectivity index (χ4n) is 4.01. The average Bonchev–Trinajstić information content (AvgIpc) is 3.24. The van der Waals surface area contributed by atoms with Gasteiger partial charge in [0.25, 0.3) is 5.91 Å². The van der Waals surface area contributed by atoms with Crippen LogP contribution in [0.2, 0.25) is 0 Å². The summed E-state index contributed by atoms with van der Waals surface area (Å²) in [5.41, 5.74) is 3.56. The highest BCUT2D eigenvalue weighted by Gasteiger charge is 2.29. The molecule has 1 atom stereocenters. The molecule has 5 nitrogen and oxygen atoms in total. The molecule has 1 amide bonds. The second-order valence-corrected chi connectivity index (χ2v) is 8.95. The van der Waals surface area contributed by atoms with Gasteiger partial charge in [0.05, 0.1) is 7.11 Å². The molecule has 0 aliphatic carbocycles. The van der Waals surface area contributed by atoms with E-state index in [1.54, 1.807) is 24.9 Å². The first-order chi connectivity index (χ1) is 15.0. The average molecular weight is 437 g/mol. The van der Waals surface area contributed by atoms with Gasteiger partial charge in [-0.1, -0.05) is 30.0 Å². The lowest BCUT2D eigenvalue weighted by atomic mass is 10.1. The van der Waals surface area contributed by atoms with Crippen molar-refractivity contribution in [3.63, 3.8) is 0 Å². The summed E-state index contributed by atoms with van der Waals surface area (Å²) in [4.78, 5) is 18.5. The number of aryl methyl sites for hydroxylation is 2. The second kappa shape index (κ2) is 9.10. The molecule has 1 aliphatic heterocycles. The Bertz CT molecular complexity index is 1040. The fourth-order valence-corrected chi connectivity index (χ4v) is 4.93. The lowest BCUT2D eigenvalue weighted by Gasteiger charge is -2.41. The summed E-state index contributed by atoms with van der Waals surface area (Å²) in [6.07, 6.45) is 0. The van der Waals surface area contributed by atoms with Crippen molar-refractivity contribution >= 4 is 23.4 Å². The number of carbonyl (C=O) groups excluding carboxylic acids is 1. The molecule has 0 spiro atoms. The molecule has 0 saturated carbocycles. The molecule has 3 aromatic rings. The van der Waals surface area contributed by atoms with Crippen molar-refractivity contribution in [3.8, 4) is 5.75 Å². The number of amides is 1. The molecule has 6 heteroatoms. The van der Waals surface area contributed by atoms with E-state index in [4.69, 9.17) is 9.15 Å². The van der Waals surface area contributed by atoms with Crippen LogP contribution >= 0.6 is 11.8 Å². The predicted octanol–water partition coefficient (Wildman–Crippen LogP) is 5.41. The molecule has 1 aliphatic rings. The van der Waals surface area contributed by atoms with Crippen LogP contribution in [-0.4, -0.2) is 43.6 Å². The van der Waals surface area contributed by atoms with E-state index in [0.717, 1.165) is 23.1 Å². The smallest absolute Gasteiger partial charge is 0.289 e. The molecule has 1 unspecified atom stereocenters. The minimum absolute atomic E-state index is 0.0467. The minimum atomic E-state index is -0.0467. The van der Waals surface area contributed by atoms with Crippen LogP contribution in [0.1, 0.15) is 28.6 Å². The van der Waals surface area contributed by atoms with E-state index < -0.39 is 0 Å². The van der Waals surface area contributed by atoms with Crippen LogP contribution in [0.4, 0.5) is 5.69 Å². The van der Waals surface area contributed by atoms with Gasteiger partial charge in [-0.05, 0) is 68.3 Å². The van der Waals surface area contributed by atoms with Crippen molar-refractivity contribution in [2.75, 3.05) is 31.6 Å². The Labute approximate surface area is 188 Å². The number of rotatable bonds is 5. The van der Waals surface area contributed by atoms with Gasteiger partial charge < -0.3 is 19.0 Å². The topological polar surface area (TPSA) is 45.9 Å². The van der Waals surface area contributed by atoms with Gasteiger partial charge in [0.1, 0.15) is 5.75 Å². The molecule has 31 heavy (non-hydrogen) atoms. The SMILES string of the molecule is COc1ccc(N2CCN(C(=O)c3ccc(Sc4c(C)cccc4C)o3)CC2C)cc1. The molecular formula is C25H28N2O3S. The zero-order valence-electron chi connectivity index (χ0n) is 18.4. The minimum Gasteiger partial charge on any atom is -0.497 e. The summed E-state index contributed by atoms with van der Waals surface area (Å²) in [5.74, 6) is 1.20. The van der Waals surface area contributed by atoms with Gasteiger partial charge >= 0.3 is 0 Å². The fraction of sp³-hybridized carbons (Fsp3) is 0.320. The third-order valence-corrected chi connectivity index (χ3v) is 6.99. The highest BCUT2D eigenvalue weighted by atomic mass is 32.2. The van der Waals surface area contributed by atoms with Crippen molar-refractivity contribution < 1.29 is 13.9 Å². The van der Waals surface area contributed by atoms with Gasteiger partial charge in [-0.2, -0.15) is 0 Å².